The van der Waals surface area contributed by atoms with Crippen molar-refractivity contribution < 1.29 is 9.47 Å². The lowest BCUT2D eigenvalue weighted by Gasteiger charge is -2.33. The van der Waals surface area contributed by atoms with Crippen molar-refractivity contribution >= 4 is 0 Å². The highest BCUT2D eigenvalue weighted by molar-refractivity contribution is 5.28. The number of imidazole rings is 1. The maximum Gasteiger partial charge on any atom is 0.118 e. The van der Waals surface area contributed by atoms with Crippen molar-refractivity contribution in [2.24, 2.45) is 5.92 Å². The van der Waals surface area contributed by atoms with E-state index in [-0.39, 0.29) is 0 Å². The predicted octanol–water partition coefficient (Wildman–Crippen LogP) is 3.05. The third kappa shape index (κ3) is 3.72. The molecule has 1 aliphatic heterocycles. The van der Waals surface area contributed by atoms with Gasteiger partial charge >= 0.3 is 0 Å². The first kappa shape index (κ1) is 16.6. The van der Waals surface area contributed by atoms with Crippen LogP contribution >= 0.6 is 0 Å². The minimum atomic E-state index is 0.397. The van der Waals surface area contributed by atoms with E-state index in [1.165, 1.54) is 29.8 Å². The van der Waals surface area contributed by atoms with Gasteiger partial charge in [-0.3, -0.25) is 4.90 Å². The van der Waals surface area contributed by atoms with Crippen LogP contribution in [0.5, 0.6) is 5.75 Å². The van der Waals surface area contributed by atoms with Gasteiger partial charge in [-0.2, -0.15) is 0 Å². The van der Waals surface area contributed by atoms with Crippen molar-refractivity contribution in [3.8, 4) is 5.75 Å². The van der Waals surface area contributed by atoms with E-state index >= 15 is 0 Å². The van der Waals surface area contributed by atoms with Gasteiger partial charge in [0.25, 0.3) is 0 Å². The molecular weight excluding hydrogens is 314 g/mol. The van der Waals surface area contributed by atoms with Gasteiger partial charge < -0.3 is 14.0 Å². The lowest BCUT2D eigenvalue weighted by atomic mass is 9.98. The van der Waals surface area contributed by atoms with E-state index in [4.69, 9.17) is 14.5 Å². The Bertz CT molecular complexity index is 706. The highest BCUT2D eigenvalue weighted by Crippen LogP contribution is 2.34. The third-order valence-electron chi connectivity index (χ3n) is 5.28. The van der Waals surface area contributed by atoms with Crippen LogP contribution in [0.15, 0.2) is 30.6 Å². The van der Waals surface area contributed by atoms with E-state index in [1.807, 2.05) is 18.5 Å². The van der Waals surface area contributed by atoms with Crippen molar-refractivity contribution in [2.75, 3.05) is 27.4 Å². The first-order valence-electron chi connectivity index (χ1n) is 9.15. The van der Waals surface area contributed by atoms with Gasteiger partial charge in [-0.1, -0.05) is 12.1 Å². The van der Waals surface area contributed by atoms with Gasteiger partial charge in [0.15, 0.2) is 0 Å². The van der Waals surface area contributed by atoms with Crippen LogP contribution in [0, 0.1) is 5.92 Å². The van der Waals surface area contributed by atoms with Crippen LogP contribution in [-0.2, 0) is 24.4 Å². The Morgan fingerprint density at radius 3 is 2.64 bits per heavy atom. The highest BCUT2D eigenvalue weighted by atomic mass is 16.5. The number of nitrogens with zero attached hydrogens (tertiary/aromatic N) is 3. The summed E-state index contributed by atoms with van der Waals surface area (Å²) in [6, 6.07) is 8.35. The second-order valence-corrected chi connectivity index (χ2v) is 7.34. The molecule has 5 heteroatoms. The fourth-order valence-electron chi connectivity index (χ4n) is 3.87. The molecule has 0 N–H and O–H groups in total. The van der Waals surface area contributed by atoms with Gasteiger partial charge in [0.2, 0.25) is 0 Å². The Hall–Kier alpha value is -1.85. The highest BCUT2D eigenvalue weighted by Gasteiger charge is 2.31. The summed E-state index contributed by atoms with van der Waals surface area (Å²) in [5.41, 5.74) is 3.93. The Balaban J connectivity index is 1.50. The fourth-order valence-corrected chi connectivity index (χ4v) is 3.87. The third-order valence-corrected chi connectivity index (χ3v) is 5.28. The first-order valence-corrected chi connectivity index (χ1v) is 9.15. The number of fused-ring (bicyclic) bond motifs is 1. The number of hydrogen-bond acceptors (Lipinski definition) is 4. The molecule has 4 rings (SSSR count). The van der Waals surface area contributed by atoms with E-state index in [0.29, 0.717) is 5.92 Å². The first-order chi connectivity index (χ1) is 12.3. The second-order valence-electron chi connectivity index (χ2n) is 7.34. The molecule has 1 saturated carbocycles. The zero-order chi connectivity index (χ0) is 17.2. The standard InChI is InChI=1S/C20H27N3O2/c1-24-13-17-11-22(9-15-5-7-18(25-2)8-6-15)12-19-20(17)23(14-21-19)10-16-3-4-16/h5-8,14,16-17H,3-4,9-13H2,1-2H3. The van der Waals surface area contributed by atoms with Crippen LogP contribution in [0.1, 0.15) is 35.7 Å². The van der Waals surface area contributed by atoms with E-state index in [2.05, 4.69) is 21.6 Å². The maximum absolute atomic E-state index is 5.53. The molecule has 0 spiro atoms. The normalized spacial score (nSPS) is 20.5. The predicted molar refractivity (Wildman–Crippen MR) is 96.7 cm³/mol. The summed E-state index contributed by atoms with van der Waals surface area (Å²) in [6.07, 6.45) is 4.78. The SMILES string of the molecule is COCC1CN(Cc2ccc(OC)cc2)Cc2ncn(CC3CC3)c21. The topological polar surface area (TPSA) is 39.5 Å². The van der Waals surface area contributed by atoms with E-state index in [1.54, 1.807) is 14.2 Å². The van der Waals surface area contributed by atoms with Crippen LogP contribution in [0.2, 0.25) is 0 Å². The van der Waals surface area contributed by atoms with Gasteiger partial charge in [0, 0.05) is 44.9 Å². The molecule has 1 fully saturated rings. The minimum absolute atomic E-state index is 0.397. The summed E-state index contributed by atoms with van der Waals surface area (Å²) in [4.78, 5) is 7.21. The number of benzene rings is 1. The lowest BCUT2D eigenvalue weighted by molar-refractivity contribution is 0.131. The molecule has 2 heterocycles. The second kappa shape index (κ2) is 7.18. The molecule has 2 aromatic rings. The summed E-state index contributed by atoms with van der Waals surface area (Å²) in [5.74, 6) is 2.16. The van der Waals surface area contributed by atoms with E-state index in [9.17, 15) is 0 Å². The van der Waals surface area contributed by atoms with Crippen molar-refractivity contribution in [3.63, 3.8) is 0 Å². The molecule has 0 bridgehead atoms. The van der Waals surface area contributed by atoms with Crippen LogP contribution in [-0.4, -0.2) is 41.8 Å². The molecule has 1 aromatic heterocycles. The molecule has 2 aliphatic rings. The smallest absolute Gasteiger partial charge is 0.118 e. The molecule has 134 valence electrons. The van der Waals surface area contributed by atoms with Crippen molar-refractivity contribution in [2.45, 2.75) is 38.4 Å². The molecular formula is C20H27N3O2. The number of methoxy groups -OCH3 is 2. The monoisotopic (exact) mass is 341 g/mol. The quantitative estimate of drug-likeness (QED) is 0.776. The molecule has 1 aromatic carbocycles. The van der Waals surface area contributed by atoms with Crippen LogP contribution in [0.4, 0.5) is 0 Å². The molecule has 1 unspecified atom stereocenters. The van der Waals surface area contributed by atoms with Gasteiger partial charge in [-0.25, -0.2) is 4.98 Å². The van der Waals surface area contributed by atoms with Gasteiger partial charge in [-0.15, -0.1) is 0 Å². The number of hydrogen-bond donors (Lipinski definition) is 0. The molecule has 0 amide bonds. The van der Waals surface area contributed by atoms with Gasteiger partial charge in [0.1, 0.15) is 5.75 Å². The summed E-state index contributed by atoms with van der Waals surface area (Å²) < 4.78 is 13.2. The Morgan fingerprint density at radius 2 is 1.96 bits per heavy atom. The van der Waals surface area contributed by atoms with Crippen molar-refractivity contribution in [1.29, 1.82) is 0 Å². The number of aromatic nitrogens is 2. The Morgan fingerprint density at radius 1 is 1.16 bits per heavy atom. The zero-order valence-corrected chi connectivity index (χ0v) is 15.1. The molecule has 25 heavy (non-hydrogen) atoms. The minimum Gasteiger partial charge on any atom is -0.497 e. The lowest BCUT2D eigenvalue weighted by Crippen LogP contribution is -2.36. The average molecular weight is 341 g/mol. The van der Waals surface area contributed by atoms with Gasteiger partial charge in [-0.05, 0) is 36.5 Å². The average Bonchev–Trinajstić information content (AvgIpc) is 3.35. The van der Waals surface area contributed by atoms with Crippen LogP contribution in [0.3, 0.4) is 0 Å². The zero-order valence-electron chi connectivity index (χ0n) is 15.1. The Labute approximate surface area is 149 Å². The molecule has 0 radical (unpaired) electrons. The van der Waals surface area contributed by atoms with Crippen LogP contribution in [0.25, 0.3) is 0 Å². The summed E-state index contributed by atoms with van der Waals surface area (Å²) >= 11 is 0. The van der Waals surface area contributed by atoms with Crippen molar-refractivity contribution in [1.82, 2.24) is 14.5 Å². The summed E-state index contributed by atoms with van der Waals surface area (Å²) in [6.45, 7) is 4.74. The van der Waals surface area contributed by atoms with E-state index < -0.39 is 0 Å². The largest absolute Gasteiger partial charge is 0.497 e. The molecule has 5 nitrogen and oxygen atoms in total. The summed E-state index contributed by atoms with van der Waals surface area (Å²) in [7, 11) is 3.50. The number of rotatable bonds is 7. The van der Waals surface area contributed by atoms with Crippen molar-refractivity contribution in [3.05, 3.63) is 47.5 Å². The van der Waals surface area contributed by atoms with Gasteiger partial charge in [0.05, 0.1) is 25.7 Å². The fraction of sp³-hybridized carbons (Fsp3) is 0.550. The van der Waals surface area contributed by atoms with E-state index in [0.717, 1.165) is 44.5 Å². The molecule has 1 atom stereocenters. The Kier molecular flexibility index (Phi) is 4.77. The number of ether oxygens (including phenoxy) is 2. The van der Waals surface area contributed by atoms with Crippen LogP contribution < -0.4 is 4.74 Å². The summed E-state index contributed by atoms with van der Waals surface area (Å²) in [5, 5.41) is 0. The molecule has 0 saturated heterocycles. The molecule has 1 aliphatic carbocycles. The maximum atomic E-state index is 5.53.